The van der Waals surface area contributed by atoms with Crippen LogP contribution in [-0.2, 0) is 75.7 Å². The molecule has 0 aromatic rings. The van der Waals surface area contributed by atoms with Gasteiger partial charge >= 0.3 is 240 Å². The molecule has 0 amide bonds. The van der Waals surface area contributed by atoms with Gasteiger partial charge in [0.1, 0.15) is 0 Å². The van der Waals surface area contributed by atoms with Crippen LogP contribution < -0.4 is 206 Å². The molecule has 0 rings (SSSR count). The van der Waals surface area contributed by atoms with E-state index in [1.165, 1.54) is 0 Å². The van der Waals surface area contributed by atoms with Crippen LogP contribution in [0.25, 0.3) is 0 Å². The average molecular weight is 795 g/mol. The molecule has 0 fully saturated rings. The third-order valence-electron chi connectivity index (χ3n) is 0. The summed E-state index contributed by atoms with van der Waals surface area (Å²) in [6.45, 7) is 0. The van der Waals surface area contributed by atoms with Crippen molar-refractivity contribution >= 4 is 41.6 Å². The summed E-state index contributed by atoms with van der Waals surface area (Å²) in [6, 6.07) is 0. The van der Waals surface area contributed by atoms with E-state index in [2.05, 4.69) is 0 Å². The molecule has 0 unspecified atom stereocenters. The summed E-state index contributed by atoms with van der Waals surface area (Å²) >= 11 is 0. The first kappa shape index (κ1) is 124. The minimum Gasteiger partial charge on any atom is -0.759 e. The van der Waals surface area contributed by atoms with E-state index >= 15 is 0 Å². The van der Waals surface area contributed by atoms with Crippen molar-refractivity contribution in [1.82, 2.24) is 0 Å². The van der Waals surface area contributed by atoms with Gasteiger partial charge in [-0.05, 0) is 0 Å². The average Bonchev–Trinajstić information content (AvgIpc) is 1.62. The normalized spacial score (nSPS) is 6.82. The minimum absolute atomic E-state index is 0. The maximum atomic E-state index is 8.52. The monoisotopic (exact) mass is 794 g/mol. The van der Waals surface area contributed by atoms with Gasteiger partial charge in [-0.3, -0.25) is 33.7 Å². The van der Waals surface area contributed by atoms with Crippen LogP contribution in [-0.4, -0.2) is 114 Å². The van der Waals surface area contributed by atoms with E-state index in [9.17, 15) is 0 Å². The van der Waals surface area contributed by atoms with E-state index in [0.29, 0.717) is 0 Å². The van der Waals surface area contributed by atoms with E-state index in [0.717, 1.165) is 0 Å². The van der Waals surface area contributed by atoms with Gasteiger partial charge in [-0.15, -0.1) is 0 Å². The second-order valence-electron chi connectivity index (χ2n) is 1.63. The molecule has 202 valence electrons. The summed E-state index contributed by atoms with van der Waals surface area (Å²) in [6.07, 6.45) is 0. The van der Waals surface area contributed by atoms with Gasteiger partial charge in [0.2, 0.25) is 0 Å². The molecule has 0 saturated carbocycles. The Labute approximate surface area is 385 Å². The van der Waals surface area contributed by atoms with Crippen molar-refractivity contribution in [2.45, 2.75) is 0 Å². The van der Waals surface area contributed by atoms with Gasteiger partial charge in [-0.25, -0.2) is 0 Å². The fraction of sp³-hybridized carbons (Fsp3) is 0. The molecule has 0 aliphatic rings. The van der Waals surface area contributed by atoms with Crippen LogP contribution in [0, 0.1) is 0 Å². The zero-order valence-electron chi connectivity index (χ0n) is 16.9. The molecule has 0 aromatic heterocycles. The maximum Gasteiger partial charge on any atom is 2.00 e. The SMILES string of the molecule is O.O.O.O.O.O.O.O.O=S(=O)([O-])[O-].O=S(=O)([O-])[O-].O=S(=O)([O-])[O-].O=S(=O)([O-])[O-].[K+].[K+].[K+].[K+].[Mn+2].[Mn+2]. The zero-order chi connectivity index (χ0) is 18.0. The Morgan fingerprint density at radius 2 is 0.265 bits per heavy atom. The fourth-order valence-corrected chi connectivity index (χ4v) is 0. The predicted octanol–water partition coefficient (Wildman–Crippen LogP) is -23.9. The van der Waals surface area contributed by atoms with Crippen LogP contribution in [0.4, 0.5) is 0 Å². The van der Waals surface area contributed by atoms with Crippen LogP contribution >= 0.6 is 0 Å². The van der Waals surface area contributed by atoms with E-state index in [4.69, 9.17) is 70.1 Å². The summed E-state index contributed by atoms with van der Waals surface area (Å²) < 4.78 is 136. The van der Waals surface area contributed by atoms with Crippen molar-refractivity contribution in [2.75, 3.05) is 0 Å². The van der Waals surface area contributed by atoms with Crippen molar-refractivity contribution < 1.29 is 354 Å². The molecule has 34 heavy (non-hydrogen) atoms. The molecule has 24 nitrogen and oxygen atoms in total. The minimum atomic E-state index is -5.17. The van der Waals surface area contributed by atoms with E-state index in [1.54, 1.807) is 0 Å². The molecule has 0 spiro atoms. The second kappa shape index (κ2) is 63.1. The predicted molar refractivity (Wildman–Crippen MR) is 70.8 cm³/mol. The summed E-state index contributed by atoms with van der Waals surface area (Å²) in [5.41, 5.74) is 0. The molecule has 0 aliphatic carbocycles. The van der Waals surface area contributed by atoms with Crippen molar-refractivity contribution in [3.8, 4) is 0 Å². The third kappa shape index (κ3) is 1210. The summed E-state index contributed by atoms with van der Waals surface area (Å²) in [7, 11) is -20.7. The first-order valence-corrected chi connectivity index (χ1v) is 8.00. The number of hydrogen-bond acceptors (Lipinski definition) is 16. The zero-order valence-corrected chi connectivity index (χ0v) is 35.0. The molecule has 0 aliphatic heterocycles. The molecule has 0 atom stereocenters. The smallest absolute Gasteiger partial charge is 0.759 e. The Kier molecular flexibility index (Phi) is 231. The van der Waals surface area contributed by atoms with Gasteiger partial charge in [0, 0.05) is 41.6 Å². The van der Waals surface area contributed by atoms with Crippen molar-refractivity contribution in [3.05, 3.63) is 0 Å². The van der Waals surface area contributed by atoms with Crippen LogP contribution in [0.3, 0.4) is 0 Å². The molecule has 0 aromatic carbocycles. The molecule has 0 heterocycles. The summed E-state index contributed by atoms with van der Waals surface area (Å²) in [4.78, 5) is 0. The van der Waals surface area contributed by atoms with Crippen LogP contribution in [0.1, 0.15) is 0 Å². The maximum absolute atomic E-state index is 8.52. The standard InChI is InChI=1S/4K.2Mn.4H2O4S.8H2O/c;;;;;;4*1-5(2,3)4;;;;;;;;/h;;;;;;4*(H2,1,2,3,4);8*1H2/q4*+1;2*+2;;;;;;;;;;;;/p-8. The van der Waals surface area contributed by atoms with Crippen LogP contribution in [0.15, 0.2) is 0 Å². The summed E-state index contributed by atoms with van der Waals surface area (Å²) in [5, 5.41) is 0. The van der Waals surface area contributed by atoms with Crippen molar-refractivity contribution in [1.29, 1.82) is 0 Å². The van der Waals surface area contributed by atoms with Gasteiger partial charge in [0.25, 0.3) is 0 Å². The van der Waals surface area contributed by atoms with Crippen molar-refractivity contribution in [3.63, 3.8) is 0 Å². The number of rotatable bonds is 0. The largest absolute Gasteiger partial charge is 2.00 e. The Bertz CT molecular complexity index is 498. The number of hydrogen-bond donors (Lipinski definition) is 0. The molecule has 0 bridgehead atoms. The first-order valence-electron chi connectivity index (χ1n) is 2.67. The van der Waals surface area contributed by atoms with Crippen LogP contribution in [0.5, 0.6) is 0 Å². The van der Waals surface area contributed by atoms with Gasteiger partial charge in [-0.2, -0.15) is 0 Å². The van der Waals surface area contributed by atoms with E-state index in [1.807, 2.05) is 0 Å². The van der Waals surface area contributed by atoms with Gasteiger partial charge in [0.05, 0.1) is 0 Å². The van der Waals surface area contributed by atoms with Gasteiger partial charge < -0.3 is 80.2 Å². The molecular formula is H16K4Mn2O24S4. The Hall–Kier alpha value is 6.74. The topological polar surface area (TPSA) is 573 Å². The third-order valence-corrected chi connectivity index (χ3v) is 0. The Balaban J connectivity index is -0.00000000552. The van der Waals surface area contributed by atoms with E-state index in [-0.39, 0.29) is 283 Å². The Morgan fingerprint density at radius 1 is 0.265 bits per heavy atom. The summed E-state index contributed by atoms with van der Waals surface area (Å²) in [5.74, 6) is 0. The molecule has 0 saturated heterocycles. The second-order valence-corrected chi connectivity index (χ2v) is 4.90. The quantitative estimate of drug-likeness (QED) is 0.125. The molecule has 2 radical (unpaired) electrons. The van der Waals surface area contributed by atoms with Crippen molar-refractivity contribution in [2.24, 2.45) is 0 Å². The first-order chi connectivity index (χ1) is 8.00. The Morgan fingerprint density at radius 3 is 0.265 bits per heavy atom. The fourth-order valence-electron chi connectivity index (χ4n) is 0. The van der Waals surface area contributed by atoms with Gasteiger partial charge in [0.15, 0.2) is 0 Å². The molecule has 34 heteroatoms. The van der Waals surface area contributed by atoms with E-state index < -0.39 is 41.6 Å². The molecular weight excluding hydrogens is 779 g/mol. The van der Waals surface area contributed by atoms with Gasteiger partial charge in [-0.1, -0.05) is 0 Å². The van der Waals surface area contributed by atoms with Crippen LogP contribution in [0.2, 0.25) is 0 Å². The molecule has 16 N–H and O–H groups in total.